The van der Waals surface area contributed by atoms with Crippen molar-refractivity contribution in [3.8, 4) is 0 Å². The third-order valence-corrected chi connectivity index (χ3v) is 6.54. The van der Waals surface area contributed by atoms with Gasteiger partial charge in [-0.05, 0) is 37.1 Å². The van der Waals surface area contributed by atoms with Crippen molar-refractivity contribution in [3.05, 3.63) is 63.9 Å². The van der Waals surface area contributed by atoms with Crippen molar-refractivity contribution in [3.63, 3.8) is 0 Å². The Balaban J connectivity index is 2.41. The van der Waals surface area contributed by atoms with Crippen LogP contribution in [0.3, 0.4) is 0 Å². The van der Waals surface area contributed by atoms with Crippen molar-refractivity contribution in [2.24, 2.45) is 5.92 Å². The first kappa shape index (κ1) is 27.9. The minimum atomic E-state index is -3.93. The van der Waals surface area contributed by atoms with Crippen molar-refractivity contribution in [1.29, 1.82) is 0 Å². The lowest BCUT2D eigenvalue weighted by molar-refractivity contribution is -0.139. The van der Waals surface area contributed by atoms with Gasteiger partial charge in [-0.25, -0.2) is 12.8 Å². The van der Waals surface area contributed by atoms with Gasteiger partial charge in [-0.1, -0.05) is 55.2 Å². The molecule has 2 amide bonds. The number of carbonyl (C=O) groups is 2. The second-order valence-corrected chi connectivity index (χ2v) is 11.1. The van der Waals surface area contributed by atoms with E-state index in [2.05, 4.69) is 5.32 Å². The molecule has 1 N–H and O–H groups in total. The summed E-state index contributed by atoms with van der Waals surface area (Å²) in [6, 6.07) is 9.04. The molecule has 0 aliphatic heterocycles. The summed E-state index contributed by atoms with van der Waals surface area (Å²) in [5.41, 5.74) is 0.284. The fourth-order valence-corrected chi connectivity index (χ4v) is 4.49. The second kappa shape index (κ2) is 11.9. The SMILES string of the molecule is CC(C)CNC(=O)[C@@H](C)N(Cc1ccccc1F)C(=O)CN(c1cc(Cl)cc(Cl)c1)S(C)(=O)=O. The number of hydrogen-bond donors (Lipinski definition) is 1. The van der Waals surface area contributed by atoms with E-state index in [1.807, 2.05) is 13.8 Å². The third-order valence-electron chi connectivity index (χ3n) is 4.96. The average molecular weight is 532 g/mol. The van der Waals surface area contributed by atoms with Gasteiger partial charge in [-0.2, -0.15) is 0 Å². The predicted molar refractivity (Wildman–Crippen MR) is 133 cm³/mol. The van der Waals surface area contributed by atoms with Crippen LogP contribution in [-0.4, -0.2) is 50.5 Å². The quantitative estimate of drug-likeness (QED) is 0.500. The molecule has 2 aromatic carbocycles. The van der Waals surface area contributed by atoms with Crippen LogP contribution < -0.4 is 9.62 Å². The number of hydrogen-bond acceptors (Lipinski definition) is 4. The van der Waals surface area contributed by atoms with E-state index < -0.39 is 40.2 Å². The Labute approximate surface area is 209 Å². The fraction of sp³-hybridized carbons (Fsp3) is 0.391. The summed E-state index contributed by atoms with van der Waals surface area (Å²) in [5, 5.41) is 3.13. The first-order chi connectivity index (χ1) is 15.8. The zero-order valence-electron chi connectivity index (χ0n) is 19.4. The van der Waals surface area contributed by atoms with Crippen LogP contribution in [0.5, 0.6) is 0 Å². The van der Waals surface area contributed by atoms with Crippen LogP contribution in [0.25, 0.3) is 0 Å². The lowest BCUT2D eigenvalue weighted by Crippen LogP contribution is -2.51. The summed E-state index contributed by atoms with van der Waals surface area (Å²) >= 11 is 12.0. The molecule has 34 heavy (non-hydrogen) atoms. The number of benzene rings is 2. The maximum Gasteiger partial charge on any atom is 0.244 e. The number of carbonyl (C=O) groups excluding carboxylic acids is 2. The van der Waals surface area contributed by atoms with Gasteiger partial charge in [0.1, 0.15) is 18.4 Å². The highest BCUT2D eigenvalue weighted by molar-refractivity contribution is 7.92. The van der Waals surface area contributed by atoms with Gasteiger partial charge >= 0.3 is 0 Å². The van der Waals surface area contributed by atoms with Crippen LogP contribution in [0.2, 0.25) is 10.0 Å². The molecule has 0 heterocycles. The molecule has 0 aliphatic carbocycles. The van der Waals surface area contributed by atoms with E-state index in [4.69, 9.17) is 23.2 Å². The normalized spacial score (nSPS) is 12.4. The highest BCUT2D eigenvalue weighted by Crippen LogP contribution is 2.27. The topological polar surface area (TPSA) is 86.8 Å². The van der Waals surface area contributed by atoms with Crippen molar-refractivity contribution in [2.75, 3.05) is 23.7 Å². The smallest absolute Gasteiger partial charge is 0.244 e. The van der Waals surface area contributed by atoms with E-state index >= 15 is 0 Å². The first-order valence-corrected chi connectivity index (χ1v) is 13.1. The lowest BCUT2D eigenvalue weighted by atomic mass is 10.1. The van der Waals surface area contributed by atoms with Gasteiger partial charge in [0, 0.05) is 28.7 Å². The molecule has 2 rings (SSSR count). The second-order valence-electron chi connectivity index (χ2n) is 8.33. The maximum absolute atomic E-state index is 14.4. The van der Waals surface area contributed by atoms with E-state index in [0.717, 1.165) is 15.5 Å². The summed E-state index contributed by atoms with van der Waals surface area (Å²) in [6.45, 7) is 4.89. The van der Waals surface area contributed by atoms with Crippen molar-refractivity contribution >= 4 is 50.7 Å². The summed E-state index contributed by atoms with van der Waals surface area (Å²) < 4.78 is 40.3. The summed E-state index contributed by atoms with van der Waals surface area (Å²) in [5.74, 6) is -1.50. The van der Waals surface area contributed by atoms with Gasteiger partial charge in [0.05, 0.1) is 11.9 Å². The van der Waals surface area contributed by atoms with Gasteiger partial charge < -0.3 is 10.2 Å². The first-order valence-electron chi connectivity index (χ1n) is 10.5. The van der Waals surface area contributed by atoms with Crippen molar-refractivity contribution in [1.82, 2.24) is 10.2 Å². The Morgan fingerprint density at radius 1 is 1.06 bits per heavy atom. The minimum absolute atomic E-state index is 0.0936. The van der Waals surface area contributed by atoms with Gasteiger partial charge in [-0.3, -0.25) is 13.9 Å². The van der Waals surface area contributed by atoms with Gasteiger partial charge in [-0.15, -0.1) is 0 Å². The molecule has 0 saturated carbocycles. The maximum atomic E-state index is 14.4. The van der Waals surface area contributed by atoms with E-state index in [0.29, 0.717) is 6.54 Å². The van der Waals surface area contributed by atoms with Crippen molar-refractivity contribution in [2.45, 2.75) is 33.4 Å². The van der Waals surface area contributed by atoms with E-state index in [9.17, 15) is 22.4 Å². The third kappa shape index (κ3) is 7.85. The molecule has 0 unspecified atom stereocenters. The molecule has 1 atom stereocenters. The summed E-state index contributed by atoms with van der Waals surface area (Å²) in [7, 11) is -3.93. The van der Waals surface area contributed by atoms with Crippen LogP contribution in [-0.2, 0) is 26.2 Å². The molecule has 7 nitrogen and oxygen atoms in total. The Kier molecular flexibility index (Phi) is 9.73. The van der Waals surface area contributed by atoms with Gasteiger partial charge in [0.25, 0.3) is 0 Å². The molecular weight excluding hydrogens is 504 g/mol. The standard InChI is InChI=1S/C23H28Cl2FN3O4S/c1-15(2)12-27-23(31)16(3)28(13-17-7-5-6-8-21(17)26)22(30)14-29(34(4,32)33)20-10-18(24)9-19(25)11-20/h5-11,15-16H,12-14H2,1-4H3,(H,27,31)/t16-/m1/s1. The van der Waals surface area contributed by atoms with E-state index in [-0.39, 0.29) is 33.8 Å². The zero-order valence-corrected chi connectivity index (χ0v) is 21.7. The molecule has 0 aromatic heterocycles. The molecule has 2 aromatic rings. The summed E-state index contributed by atoms with van der Waals surface area (Å²) in [4.78, 5) is 27.3. The summed E-state index contributed by atoms with van der Waals surface area (Å²) in [6.07, 6.45) is 0.940. The van der Waals surface area contributed by atoms with Gasteiger partial charge in [0.2, 0.25) is 21.8 Å². The molecule has 0 fully saturated rings. The average Bonchev–Trinajstić information content (AvgIpc) is 2.73. The van der Waals surface area contributed by atoms with Crippen LogP contribution in [0.4, 0.5) is 10.1 Å². The molecule has 0 spiro atoms. The van der Waals surface area contributed by atoms with Gasteiger partial charge in [0.15, 0.2) is 0 Å². The molecule has 11 heteroatoms. The van der Waals surface area contributed by atoms with Crippen LogP contribution in [0, 0.1) is 11.7 Å². The molecule has 186 valence electrons. The Bertz CT molecular complexity index is 1120. The monoisotopic (exact) mass is 531 g/mol. The fourth-order valence-electron chi connectivity index (χ4n) is 3.14. The number of amides is 2. The highest BCUT2D eigenvalue weighted by Gasteiger charge is 2.30. The molecule has 0 saturated heterocycles. The largest absolute Gasteiger partial charge is 0.354 e. The number of rotatable bonds is 10. The predicted octanol–water partition coefficient (Wildman–Crippen LogP) is 4.09. The Morgan fingerprint density at radius 3 is 2.18 bits per heavy atom. The number of halogens is 3. The number of anilines is 1. The van der Waals surface area contributed by atoms with E-state index in [1.54, 1.807) is 6.07 Å². The number of nitrogens with zero attached hydrogens (tertiary/aromatic N) is 2. The molecule has 0 radical (unpaired) electrons. The van der Waals surface area contributed by atoms with Crippen LogP contribution in [0.15, 0.2) is 42.5 Å². The molecule has 0 aliphatic rings. The van der Waals surface area contributed by atoms with Crippen LogP contribution in [0.1, 0.15) is 26.3 Å². The highest BCUT2D eigenvalue weighted by atomic mass is 35.5. The van der Waals surface area contributed by atoms with Crippen LogP contribution >= 0.6 is 23.2 Å². The Hall–Kier alpha value is -2.36. The lowest BCUT2D eigenvalue weighted by Gasteiger charge is -2.31. The number of nitrogens with one attached hydrogen (secondary N) is 1. The zero-order chi connectivity index (χ0) is 25.6. The molecular formula is C23H28Cl2FN3O4S. The van der Waals surface area contributed by atoms with Crippen molar-refractivity contribution < 1.29 is 22.4 Å². The number of sulfonamides is 1. The Morgan fingerprint density at radius 2 is 1.65 bits per heavy atom. The van der Waals surface area contributed by atoms with E-state index in [1.165, 1.54) is 43.3 Å². The minimum Gasteiger partial charge on any atom is -0.354 e. The molecule has 0 bridgehead atoms.